The van der Waals surface area contributed by atoms with Crippen molar-refractivity contribution in [2.45, 2.75) is 76.7 Å². The lowest BCUT2D eigenvalue weighted by Crippen LogP contribution is -2.21. The lowest BCUT2D eigenvalue weighted by molar-refractivity contribution is -0.151. The highest BCUT2D eigenvalue weighted by Crippen LogP contribution is 2.34. The van der Waals surface area contributed by atoms with Gasteiger partial charge in [0, 0.05) is 12.0 Å². The molecule has 0 N–H and O–H groups in total. The first-order chi connectivity index (χ1) is 12.7. The number of rotatable bonds is 4. The standard InChI is InChI=1S/C19H25N3O3S/c23-16-11-15(12-25-18(24)14-9-5-2-6-10-14)20-19-22(16)21-17(26-19)13-7-3-1-4-8-13/h11,13-14H,1-10,12H2. The zero-order valence-corrected chi connectivity index (χ0v) is 15.8. The van der Waals surface area contributed by atoms with Crippen LogP contribution in [0, 0.1) is 5.92 Å². The van der Waals surface area contributed by atoms with Crippen LogP contribution in [-0.4, -0.2) is 20.6 Å². The van der Waals surface area contributed by atoms with Crippen LogP contribution >= 0.6 is 11.3 Å². The van der Waals surface area contributed by atoms with Crippen LogP contribution in [0.2, 0.25) is 0 Å². The fraction of sp³-hybridized carbons (Fsp3) is 0.684. The first-order valence-electron chi connectivity index (χ1n) is 9.77. The number of esters is 1. The maximum atomic E-state index is 12.4. The zero-order chi connectivity index (χ0) is 17.9. The molecule has 0 unspecified atom stereocenters. The van der Waals surface area contributed by atoms with Crippen molar-refractivity contribution in [3.8, 4) is 0 Å². The molecule has 4 rings (SSSR count). The zero-order valence-electron chi connectivity index (χ0n) is 15.0. The Hall–Kier alpha value is -1.76. The van der Waals surface area contributed by atoms with E-state index in [0.29, 0.717) is 16.6 Å². The summed E-state index contributed by atoms with van der Waals surface area (Å²) < 4.78 is 6.82. The summed E-state index contributed by atoms with van der Waals surface area (Å²) in [7, 11) is 0. The molecule has 0 amide bonds. The summed E-state index contributed by atoms with van der Waals surface area (Å²) in [5, 5.41) is 5.50. The minimum atomic E-state index is -0.197. The first kappa shape index (κ1) is 17.6. The lowest BCUT2D eigenvalue weighted by Gasteiger charge is -2.19. The molecule has 0 saturated heterocycles. The van der Waals surface area contributed by atoms with Gasteiger partial charge in [0.2, 0.25) is 4.96 Å². The Morgan fingerprint density at radius 3 is 2.54 bits per heavy atom. The van der Waals surface area contributed by atoms with E-state index in [2.05, 4.69) is 10.1 Å². The monoisotopic (exact) mass is 375 g/mol. The van der Waals surface area contributed by atoms with Crippen LogP contribution < -0.4 is 5.56 Å². The third-order valence-electron chi connectivity index (χ3n) is 5.57. The summed E-state index contributed by atoms with van der Waals surface area (Å²) in [6.07, 6.45) is 11.2. The van der Waals surface area contributed by atoms with E-state index in [0.717, 1.165) is 43.5 Å². The number of carbonyl (C=O) groups is 1. The Morgan fingerprint density at radius 2 is 1.81 bits per heavy atom. The molecule has 2 heterocycles. The average molecular weight is 375 g/mol. The minimum Gasteiger partial charge on any atom is -0.459 e. The molecule has 2 aliphatic carbocycles. The van der Waals surface area contributed by atoms with E-state index in [-0.39, 0.29) is 24.1 Å². The molecule has 0 aliphatic heterocycles. The van der Waals surface area contributed by atoms with Crippen LogP contribution in [0.15, 0.2) is 10.9 Å². The van der Waals surface area contributed by atoms with Crippen molar-refractivity contribution in [2.75, 3.05) is 0 Å². The van der Waals surface area contributed by atoms with Gasteiger partial charge in [-0.25, -0.2) is 4.98 Å². The fourth-order valence-electron chi connectivity index (χ4n) is 4.06. The summed E-state index contributed by atoms with van der Waals surface area (Å²) >= 11 is 1.49. The molecular weight excluding hydrogens is 350 g/mol. The Balaban J connectivity index is 1.47. The second-order valence-corrected chi connectivity index (χ2v) is 8.49. The van der Waals surface area contributed by atoms with Crippen LogP contribution in [0.4, 0.5) is 0 Å². The van der Waals surface area contributed by atoms with Crippen LogP contribution in [0.5, 0.6) is 0 Å². The average Bonchev–Trinajstić information content (AvgIpc) is 3.12. The van der Waals surface area contributed by atoms with Gasteiger partial charge in [-0.1, -0.05) is 49.9 Å². The second-order valence-electron chi connectivity index (χ2n) is 7.50. The number of ether oxygens (including phenoxy) is 1. The maximum Gasteiger partial charge on any atom is 0.309 e. The van der Waals surface area contributed by atoms with E-state index in [1.165, 1.54) is 47.6 Å². The van der Waals surface area contributed by atoms with Crippen molar-refractivity contribution < 1.29 is 9.53 Å². The minimum absolute atomic E-state index is 0.00915. The van der Waals surface area contributed by atoms with Crippen molar-refractivity contribution in [3.63, 3.8) is 0 Å². The molecule has 2 aliphatic rings. The van der Waals surface area contributed by atoms with Crippen LogP contribution in [0.25, 0.3) is 4.96 Å². The molecule has 6 nitrogen and oxygen atoms in total. The van der Waals surface area contributed by atoms with Gasteiger partial charge in [0.15, 0.2) is 0 Å². The number of nitrogens with zero attached hydrogens (tertiary/aromatic N) is 3. The van der Waals surface area contributed by atoms with E-state index in [1.807, 2.05) is 0 Å². The third kappa shape index (κ3) is 3.82. The van der Waals surface area contributed by atoms with Gasteiger partial charge < -0.3 is 4.74 Å². The molecule has 26 heavy (non-hydrogen) atoms. The third-order valence-corrected chi connectivity index (χ3v) is 6.64. The normalized spacial score (nSPS) is 19.7. The van der Waals surface area contributed by atoms with Crippen molar-refractivity contribution >= 4 is 22.3 Å². The molecule has 0 aromatic carbocycles. The molecule has 0 spiro atoms. The van der Waals surface area contributed by atoms with Gasteiger partial charge in [-0.15, -0.1) is 0 Å². The van der Waals surface area contributed by atoms with Crippen molar-refractivity contribution in [1.82, 2.24) is 14.6 Å². The van der Waals surface area contributed by atoms with Gasteiger partial charge in [-0.05, 0) is 25.7 Å². The number of carbonyl (C=O) groups excluding carboxylic acids is 1. The van der Waals surface area contributed by atoms with Crippen molar-refractivity contribution in [2.24, 2.45) is 5.92 Å². The number of aromatic nitrogens is 3. The van der Waals surface area contributed by atoms with Gasteiger partial charge in [0.05, 0.1) is 11.6 Å². The molecule has 0 bridgehead atoms. The Kier molecular flexibility index (Phi) is 5.33. The first-order valence-corrected chi connectivity index (χ1v) is 10.6. The largest absolute Gasteiger partial charge is 0.459 e. The lowest BCUT2D eigenvalue weighted by atomic mass is 9.89. The molecule has 140 valence electrons. The summed E-state index contributed by atoms with van der Waals surface area (Å²) in [5.74, 6) is 0.302. The van der Waals surface area contributed by atoms with E-state index in [9.17, 15) is 9.59 Å². The molecule has 7 heteroatoms. The van der Waals surface area contributed by atoms with Gasteiger partial charge >= 0.3 is 5.97 Å². The van der Waals surface area contributed by atoms with Crippen LogP contribution in [0.1, 0.15) is 80.8 Å². The van der Waals surface area contributed by atoms with Crippen LogP contribution in [-0.2, 0) is 16.1 Å². The van der Waals surface area contributed by atoms with E-state index in [4.69, 9.17) is 4.74 Å². The van der Waals surface area contributed by atoms with Gasteiger partial charge in [0.25, 0.3) is 5.56 Å². The summed E-state index contributed by atoms with van der Waals surface area (Å²) in [4.78, 5) is 29.7. The van der Waals surface area contributed by atoms with E-state index < -0.39 is 0 Å². The Bertz CT molecular complexity index is 832. The molecular formula is C19H25N3O3S. The maximum absolute atomic E-state index is 12.4. The van der Waals surface area contributed by atoms with Crippen LogP contribution in [0.3, 0.4) is 0 Å². The van der Waals surface area contributed by atoms with Crippen molar-refractivity contribution in [1.29, 1.82) is 0 Å². The highest BCUT2D eigenvalue weighted by molar-refractivity contribution is 7.16. The molecule has 2 saturated carbocycles. The van der Waals surface area contributed by atoms with Gasteiger partial charge in [0.1, 0.15) is 11.6 Å². The van der Waals surface area contributed by atoms with Gasteiger partial charge in [-0.3, -0.25) is 9.59 Å². The van der Waals surface area contributed by atoms with Gasteiger partial charge in [-0.2, -0.15) is 9.61 Å². The van der Waals surface area contributed by atoms with Crippen molar-refractivity contribution in [3.05, 3.63) is 27.1 Å². The predicted octanol–water partition coefficient (Wildman–Crippen LogP) is 3.82. The molecule has 0 atom stereocenters. The number of hydrogen-bond donors (Lipinski definition) is 0. The summed E-state index contributed by atoms with van der Waals surface area (Å²) in [5.41, 5.74) is 0.315. The molecule has 2 fully saturated rings. The molecule has 2 aromatic heterocycles. The summed E-state index contributed by atoms with van der Waals surface area (Å²) in [6.45, 7) is 0.0672. The Labute approximate surface area is 156 Å². The second kappa shape index (κ2) is 7.86. The number of fused-ring (bicyclic) bond motifs is 1. The highest BCUT2D eigenvalue weighted by Gasteiger charge is 2.23. The smallest absolute Gasteiger partial charge is 0.309 e. The predicted molar refractivity (Wildman–Crippen MR) is 99.3 cm³/mol. The quantitative estimate of drug-likeness (QED) is 0.760. The Morgan fingerprint density at radius 1 is 1.12 bits per heavy atom. The van der Waals surface area contributed by atoms with E-state index in [1.54, 1.807) is 0 Å². The molecule has 2 aromatic rings. The SMILES string of the molecule is O=C(OCc1cc(=O)n2nc(C3CCCCC3)sc2n1)C1CCCCC1. The molecule has 0 radical (unpaired) electrons. The summed E-state index contributed by atoms with van der Waals surface area (Å²) in [6, 6.07) is 1.44. The highest BCUT2D eigenvalue weighted by atomic mass is 32.1. The van der Waals surface area contributed by atoms with E-state index >= 15 is 0 Å². The fourth-order valence-corrected chi connectivity index (χ4v) is 5.15. The number of hydrogen-bond acceptors (Lipinski definition) is 6. The topological polar surface area (TPSA) is 73.6 Å².